The van der Waals surface area contributed by atoms with E-state index in [4.69, 9.17) is 4.74 Å². The summed E-state index contributed by atoms with van der Waals surface area (Å²) >= 11 is 0. The molecule has 0 saturated carbocycles. The first-order valence-corrected chi connectivity index (χ1v) is 8.42. The average Bonchev–Trinajstić information content (AvgIpc) is 3.03. The summed E-state index contributed by atoms with van der Waals surface area (Å²) in [6.07, 6.45) is 3.97. The maximum absolute atomic E-state index is 11.3. The van der Waals surface area contributed by atoms with Gasteiger partial charge in [0.15, 0.2) is 5.82 Å². The fraction of sp³-hybridized carbons (Fsp3) is 0.263. The van der Waals surface area contributed by atoms with Crippen molar-refractivity contribution in [3.05, 3.63) is 66.5 Å². The molecule has 3 aromatic rings. The second-order valence-electron chi connectivity index (χ2n) is 5.97. The van der Waals surface area contributed by atoms with E-state index in [1.807, 2.05) is 49.4 Å². The van der Waals surface area contributed by atoms with E-state index < -0.39 is 0 Å². The molecule has 134 valence electrons. The highest BCUT2D eigenvalue weighted by Gasteiger charge is 2.15. The van der Waals surface area contributed by atoms with Gasteiger partial charge in [-0.2, -0.15) is 0 Å². The Morgan fingerprint density at radius 2 is 1.92 bits per heavy atom. The van der Waals surface area contributed by atoms with E-state index in [2.05, 4.69) is 20.4 Å². The molecular formula is C19H21N5O2. The molecule has 0 fully saturated rings. The van der Waals surface area contributed by atoms with Crippen molar-refractivity contribution in [2.45, 2.75) is 32.9 Å². The Morgan fingerprint density at radius 1 is 1.19 bits per heavy atom. The topological polar surface area (TPSA) is 81.9 Å². The largest absolute Gasteiger partial charge is 0.486 e. The first-order chi connectivity index (χ1) is 12.6. The van der Waals surface area contributed by atoms with Gasteiger partial charge in [0.2, 0.25) is 5.91 Å². The minimum absolute atomic E-state index is 0.0554. The smallest absolute Gasteiger partial charge is 0.217 e. The predicted molar refractivity (Wildman–Crippen MR) is 96.9 cm³/mol. The van der Waals surface area contributed by atoms with Crippen LogP contribution in [0.5, 0.6) is 5.75 Å². The van der Waals surface area contributed by atoms with Crippen LogP contribution >= 0.6 is 0 Å². The van der Waals surface area contributed by atoms with Gasteiger partial charge in [0.25, 0.3) is 0 Å². The Labute approximate surface area is 152 Å². The maximum Gasteiger partial charge on any atom is 0.217 e. The molecule has 0 aliphatic carbocycles. The van der Waals surface area contributed by atoms with Crippen LogP contribution in [0.1, 0.15) is 25.5 Å². The fourth-order valence-corrected chi connectivity index (χ4v) is 2.61. The van der Waals surface area contributed by atoms with Crippen LogP contribution in [0.4, 0.5) is 0 Å². The lowest BCUT2D eigenvalue weighted by Gasteiger charge is -2.12. The molecule has 0 radical (unpaired) electrons. The minimum atomic E-state index is -0.0693. The Balaban J connectivity index is 1.81. The number of hydrogen-bond donors (Lipinski definition) is 1. The highest BCUT2D eigenvalue weighted by Crippen LogP contribution is 2.14. The molecule has 1 amide bonds. The first-order valence-electron chi connectivity index (χ1n) is 8.42. The summed E-state index contributed by atoms with van der Waals surface area (Å²) in [5, 5.41) is 7.44. The van der Waals surface area contributed by atoms with E-state index in [0.29, 0.717) is 12.2 Å². The summed E-state index contributed by atoms with van der Waals surface area (Å²) in [6, 6.07) is 13.2. The van der Waals surface area contributed by atoms with E-state index in [1.54, 1.807) is 17.1 Å². The fourth-order valence-electron chi connectivity index (χ4n) is 2.61. The van der Waals surface area contributed by atoms with Gasteiger partial charge >= 0.3 is 0 Å². The number of amides is 1. The number of nitrogens with one attached hydrogen (secondary N) is 1. The summed E-state index contributed by atoms with van der Waals surface area (Å²) in [5.41, 5.74) is 0.864. The Kier molecular flexibility index (Phi) is 5.58. The second-order valence-corrected chi connectivity index (χ2v) is 5.97. The second kappa shape index (κ2) is 8.24. The van der Waals surface area contributed by atoms with E-state index >= 15 is 0 Å². The van der Waals surface area contributed by atoms with Gasteiger partial charge in [-0.3, -0.25) is 9.78 Å². The third-order valence-electron chi connectivity index (χ3n) is 3.67. The zero-order valence-corrected chi connectivity index (χ0v) is 14.8. The number of hydrogen-bond acceptors (Lipinski definition) is 5. The van der Waals surface area contributed by atoms with Gasteiger partial charge in [-0.05, 0) is 31.2 Å². The van der Waals surface area contributed by atoms with Crippen LogP contribution in [-0.2, 0) is 17.8 Å². The van der Waals surface area contributed by atoms with Crippen molar-refractivity contribution in [3.8, 4) is 11.4 Å². The predicted octanol–water partition coefficient (Wildman–Crippen LogP) is 2.31. The van der Waals surface area contributed by atoms with Crippen molar-refractivity contribution in [2.24, 2.45) is 0 Å². The van der Waals surface area contributed by atoms with Crippen LogP contribution in [0.25, 0.3) is 5.69 Å². The molecular weight excluding hydrogens is 330 g/mol. The standard InChI is InChI=1S/C19H21N5O2/c1-14(21-15(2)25)12-19-22-18(13-26-17-6-4-3-5-7-17)23-24(19)16-8-10-20-11-9-16/h3-11,14H,12-13H2,1-2H3,(H,21,25). The summed E-state index contributed by atoms with van der Waals surface area (Å²) in [6.45, 7) is 3.71. The van der Waals surface area contributed by atoms with E-state index in [0.717, 1.165) is 17.3 Å². The number of ether oxygens (including phenoxy) is 1. The molecule has 0 bridgehead atoms. The lowest BCUT2D eigenvalue weighted by Crippen LogP contribution is -2.32. The van der Waals surface area contributed by atoms with E-state index in [-0.39, 0.29) is 18.6 Å². The number of benzene rings is 1. The molecule has 3 rings (SSSR count). The molecule has 2 aromatic heterocycles. The highest BCUT2D eigenvalue weighted by atomic mass is 16.5. The van der Waals surface area contributed by atoms with Crippen molar-refractivity contribution in [3.63, 3.8) is 0 Å². The van der Waals surface area contributed by atoms with Crippen molar-refractivity contribution in [1.29, 1.82) is 0 Å². The Hall–Kier alpha value is -3.22. The van der Waals surface area contributed by atoms with E-state index in [1.165, 1.54) is 6.92 Å². The third-order valence-corrected chi connectivity index (χ3v) is 3.67. The molecule has 2 heterocycles. The van der Waals surface area contributed by atoms with Gasteiger partial charge < -0.3 is 10.1 Å². The number of nitrogens with zero attached hydrogens (tertiary/aromatic N) is 4. The maximum atomic E-state index is 11.3. The monoisotopic (exact) mass is 351 g/mol. The molecule has 0 saturated heterocycles. The van der Waals surface area contributed by atoms with Crippen LogP contribution in [0.3, 0.4) is 0 Å². The lowest BCUT2D eigenvalue weighted by molar-refractivity contribution is -0.119. The van der Waals surface area contributed by atoms with Gasteiger partial charge in [-0.25, -0.2) is 9.67 Å². The zero-order chi connectivity index (χ0) is 18.4. The average molecular weight is 351 g/mol. The number of pyridine rings is 1. The van der Waals surface area contributed by atoms with Crippen LogP contribution in [-0.4, -0.2) is 31.7 Å². The van der Waals surface area contributed by atoms with Crippen molar-refractivity contribution in [2.75, 3.05) is 0 Å². The van der Waals surface area contributed by atoms with Crippen molar-refractivity contribution in [1.82, 2.24) is 25.1 Å². The molecule has 1 atom stereocenters. The molecule has 0 aliphatic rings. The summed E-state index contributed by atoms with van der Waals surface area (Å²) in [4.78, 5) is 19.9. The SMILES string of the molecule is CC(=O)NC(C)Cc1nc(COc2ccccc2)nn1-c1ccncc1. The van der Waals surface area contributed by atoms with Gasteiger partial charge in [-0.1, -0.05) is 18.2 Å². The summed E-state index contributed by atoms with van der Waals surface area (Å²) < 4.78 is 7.51. The van der Waals surface area contributed by atoms with Crippen molar-refractivity contribution >= 4 is 5.91 Å². The molecule has 1 N–H and O–H groups in total. The molecule has 0 spiro atoms. The molecule has 1 unspecified atom stereocenters. The third kappa shape index (κ3) is 4.66. The highest BCUT2D eigenvalue weighted by molar-refractivity contribution is 5.73. The molecule has 7 nitrogen and oxygen atoms in total. The van der Waals surface area contributed by atoms with Gasteiger partial charge in [-0.15, -0.1) is 5.10 Å². The minimum Gasteiger partial charge on any atom is -0.486 e. The number of rotatable bonds is 7. The van der Waals surface area contributed by atoms with Crippen LogP contribution in [0.15, 0.2) is 54.9 Å². The van der Waals surface area contributed by atoms with E-state index in [9.17, 15) is 4.79 Å². The number of carbonyl (C=O) groups excluding carboxylic acids is 1. The quantitative estimate of drug-likeness (QED) is 0.706. The molecule has 7 heteroatoms. The first kappa shape index (κ1) is 17.6. The van der Waals surface area contributed by atoms with Gasteiger partial charge in [0.05, 0.1) is 5.69 Å². The molecule has 26 heavy (non-hydrogen) atoms. The Morgan fingerprint density at radius 3 is 2.62 bits per heavy atom. The lowest BCUT2D eigenvalue weighted by atomic mass is 10.2. The Bertz CT molecular complexity index is 849. The zero-order valence-electron chi connectivity index (χ0n) is 14.8. The van der Waals surface area contributed by atoms with Gasteiger partial charge in [0.1, 0.15) is 18.2 Å². The number of carbonyl (C=O) groups is 1. The normalized spacial score (nSPS) is 11.8. The van der Waals surface area contributed by atoms with Crippen LogP contribution in [0.2, 0.25) is 0 Å². The number of aromatic nitrogens is 4. The van der Waals surface area contributed by atoms with Crippen molar-refractivity contribution < 1.29 is 9.53 Å². The number of para-hydroxylation sites is 1. The molecule has 1 aromatic carbocycles. The van der Waals surface area contributed by atoms with Crippen LogP contribution < -0.4 is 10.1 Å². The van der Waals surface area contributed by atoms with Gasteiger partial charge in [0, 0.05) is 31.8 Å². The summed E-state index contributed by atoms with van der Waals surface area (Å²) in [7, 11) is 0. The van der Waals surface area contributed by atoms with Crippen LogP contribution in [0, 0.1) is 0 Å². The molecule has 0 aliphatic heterocycles. The summed E-state index contributed by atoms with van der Waals surface area (Å²) in [5.74, 6) is 2.03.